The minimum absolute atomic E-state index is 0.195. The summed E-state index contributed by atoms with van der Waals surface area (Å²) in [7, 11) is 1.71. The molecule has 3 aromatic carbocycles. The van der Waals surface area contributed by atoms with Crippen LogP contribution in [0.3, 0.4) is 0 Å². The molecule has 0 N–H and O–H groups in total. The molecule has 0 aliphatic carbocycles. The molecule has 0 saturated carbocycles. The quantitative estimate of drug-likeness (QED) is 0.464. The van der Waals surface area contributed by atoms with Gasteiger partial charge in [0.05, 0.1) is 0 Å². The molecule has 1 heterocycles. The van der Waals surface area contributed by atoms with E-state index in [-0.39, 0.29) is 15.0 Å². The predicted octanol–water partition coefficient (Wildman–Crippen LogP) is 4.18. The van der Waals surface area contributed by atoms with Gasteiger partial charge >= 0.3 is 166 Å². The van der Waals surface area contributed by atoms with Gasteiger partial charge < -0.3 is 0 Å². The first-order chi connectivity index (χ1) is 13.2. The number of benzene rings is 3. The Morgan fingerprint density at radius 1 is 0.815 bits per heavy atom. The molecule has 2 nitrogen and oxygen atoms in total. The number of hydrogen-bond donors (Lipinski definition) is 0. The Morgan fingerprint density at radius 3 is 2.26 bits per heavy atom. The van der Waals surface area contributed by atoms with Crippen LogP contribution in [0.5, 0.6) is 5.75 Å². The molecular weight excluding hydrogens is 397 g/mol. The summed E-state index contributed by atoms with van der Waals surface area (Å²) in [4.78, 5) is 5.00. The Balaban J connectivity index is 1.94. The Bertz CT molecular complexity index is 1090. The Hall–Kier alpha value is -2.61. The van der Waals surface area contributed by atoms with E-state index in [4.69, 9.17) is 9.72 Å². The second kappa shape index (κ2) is 7.56. The normalized spacial score (nSPS) is 10.9. The zero-order chi connectivity index (χ0) is 18.8. The average molecular weight is 418 g/mol. The number of aryl methyl sites for hydroxylation is 2. The van der Waals surface area contributed by atoms with Crippen LogP contribution in [0.1, 0.15) is 11.1 Å². The number of ether oxygens (including phenoxy) is 1. The summed E-state index contributed by atoms with van der Waals surface area (Å²) in [5.74, 6) is 0.870. The molecule has 3 heteroatoms. The summed E-state index contributed by atoms with van der Waals surface area (Å²) in [6, 6.07) is 25.5. The van der Waals surface area contributed by atoms with Gasteiger partial charge in [0.15, 0.2) is 0 Å². The molecule has 0 amide bonds. The number of nitrogens with zero attached hydrogens (tertiary/aromatic N) is 1. The van der Waals surface area contributed by atoms with Crippen LogP contribution in [0.25, 0.3) is 22.2 Å². The van der Waals surface area contributed by atoms with Gasteiger partial charge in [-0.05, 0) is 0 Å². The van der Waals surface area contributed by atoms with E-state index in [1.54, 1.807) is 7.11 Å². The fraction of sp³-hybridized carbons (Fsp3) is 0.125. The fourth-order valence-electron chi connectivity index (χ4n) is 3.35. The molecule has 0 saturated heterocycles. The second-order valence-electron chi connectivity index (χ2n) is 6.57. The van der Waals surface area contributed by atoms with Crippen LogP contribution in [0.4, 0.5) is 0 Å². The fourth-order valence-corrected chi connectivity index (χ4v) is 5.43. The van der Waals surface area contributed by atoms with E-state index in [0.717, 1.165) is 17.0 Å². The standard InChI is InChI=1S/C24H21NOSe/c1-16-8-7-9-17(2)24(16)22-15-23(27-19-10-5-4-6-11-19)20-14-18(26-3)12-13-21(20)25-22/h4-15H,1-3H3. The topological polar surface area (TPSA) is 22.1 Å². The van der Waals surface area contributed by atoms with E-state index in [0.29, 0.717) is 0 Å². The number of hydrogen-bond acceptors (Lipinski definition) is 2. The van der Waals surface area contributed by atoms with Gasteiger partial charge in [-0.1, -0.05) is 0 Å². The van der Waals surface area contributed by atoms with E-state index >= 15 is 0 Å². The van der Waals surface area contributed by atoms with Crippen LogP contribution in [-0.4, -0.2) is 27.1 Å². The monoisotopic (exact) mass is 419 g/mol. The van der Waals surface area contributed by atoms with Gasteiger partial charge in [-0.15, -0.1) is 0 Å². The summed E-state index contributed by atoms with van der Waals surface area (Å²) in [5, 5.41) is 1.17. The van der Waals surface area contributed by atoms with E-state index in [2.05, 4.69) is 80.6 Å². The van der Waals surface area contributed by atoms with Crippen molar-refractivity contribution in [2.24, 2.45) is 0 Å². The van der Waals surface area contributed by atoms with Crippen molar-refractivity contribution in [3.8, 4) is 17.0 Å². The molecule has 0 spiro atoms. The van der Waals surface area contributed by atoms with E-state index in [1.165, 1.54) is 31.0 Å². The molecular formula is C24H21NOSe. The van der Waals surface area contributed by atoms with Crippen molar-refractivity contribution in [3.63, 3.8) is 0 Å². The van der Waals surface area contributed by atoms with Crippen molar-refractivity contribution < 1.29 is 4.74 Å². The molecule has 0 aliphatic rings. The molecule has 27 heavy (non-hydrogen) atoms. The van der Waals surface area contributed by atoms with Crippen molar-refractivity contribution in [2.45, 2.75) is 13.8 Å². The summed E-state index contributed by atoms with van der Waals surface area (Å²) < 4.78 is 8.14. The van der Waals surface area contributed by atoms with Crippen LogP contribution in [0.15, 0.2) is 72.8 Å². The first-order valence-corrected chi connectivity index (χ1v) is 10.7. The zero-order valence-corrected chi connectivity index (χ0v) is 17.4. The van der Waals surface area contributed by atoms with Crippen LogP contribution < -0.4 is 13.7 Å². The van der Waals surface area contributed by atoms with Gasteiger partial charge in [-0.25, -0.2) is 0 Å². The van der Waals surface area contributed by atoms with Gasteiger partial charge in [0.1, 0.15) is 0 Å². The Morgan fingerprint density at radius 2 is 1.56 bits per heavy atom. The van der Waals surface area contributed by atoms with E-state index < -0.39 is 0 Å². The summed E-state index contributed by atoms with van der Waals surface area (Å²) in [6.07, 6.45) is 0. The SMILES string of the molecule is COc1ccc2nc(-c3c(C)cccc3C)cc([Se]c3ccccc3)c2c1. The molecule has 0 radical (unpaired) electrons. The summed E-state index contributed by atoms with van der Waals surface area (Å²) in [6.45, 7) is 4.31. The predicted molar refractivity (Wildman–Crippen MR) is 115 cm³/mol. The van der Waals surface area contributed by atoms with Crippen molar-refractivity contribution in [3.05, 3.63) is 83.9 Å². The summed E-state index contributed by atoms with van der Waals surface area (Å²) >= 11 is 0.195. The first kappa shape index (κ1) is 17.8. The number of rotatable bonds is 4. The van der Waals surface area contributed by atoms with Gasteiger partial charge in [0.25, 0.3) is 0 Å². The number of methoxy groups -OCH3 is 1. The Labute approximate surface area is 166 Å². The molecule has 4 rings (SSSR count). The van der Waals surface area contributed by atoms with Crippen molar-refractivity contribution in [2.75, 3.05) is 7.11 Å². The van der Waals surface area contributed by atoms with Crippen LogP contribution >= 0.6 is 0 Å². The van der Waals surface area contributed by atoms with Crippen LogP contribution in [0.2, 0.25) is 0 Å². The average Bonchev–Trinajstić information content (AvgIpc) is 2.68. The van der Waals surface area contributed by atoms with Crippen molar-refractivity contribution in [1.29, 1.82) is 0 Å². The molecule has 134 valence electrons. The van der Waals surface area contributed by atoms with Crippen LogP contribution in [-0.2, 0) is 0 Å². The third-order valence-electron chi connectivity index (χ3n) is 4.69. The number of fused-ring (bicyclic) bond motifs is 1. The van der Waals surface area contributed by atoms with Crippen molar-refractivity contribution >= 4 is 34.8 Å². The third-order valence-corrected chi connectivity index (χ3v) is 6.92. The Kier molecular flexibility index (Phi) is 4.98. The molecule has 0 fully saturated rings. The summed E-state index contributed by atoms with van der Waals surface area (Å²) in [5.41, 5.74) is 5.82. The number of pyridine rings is 1. The van der Waals surface area contributed by atoms with Crippen LogP contribution in [0, 0.1) is 13.8 Å². The maximum atomic E-state index is 5.46. The van der Waals surface area contributed by atoms with Crippen molar-refractivity contribution in [1.82, 2.24) is 4.98 Å². The molecule has 4 aromatic rings. The maximum absolute atomic E-state index is 5.46. The molecule has 0 unspecified atom stereocenters. The molecule has 0 atom stereocenters. The molecule has 0 aliphatic heterocycles. The van der Waals surface area contributed by atoms with Gasteiger partial charge in [-0.3, -0.25) is 0 Å². The zero-order valence-electron chi connectivity index (χ0n) is 15.7. The second-order valence-corrected chi connectivity index (χ2v) is 8.91. The first-order valence-electron chi connectivity index (χ1n) is 8.94. The van der Waals surface area contributed by atoms with Gasteiger partial charge in [-0.2, -0.15) is 0 Å². The van der Waals surface area contributed by atoms with Gasteiger partial charge in [0, 0.05) is 0 Å². The third kappa shape index (κ3) is 3.62. The van der Waals surface area contributed by atoms with Gasteiger partial charge in [0.2, 0.25) is 0 Å². The van der Waals surface area contributed by atoms with E-state index in [1.807, 2.05) is 6.07 Å². The molecule has 1 aromatic heterocycles. The van der Waals surface area contributed by atoms with E-state index in [9.17, 15) is 0 Å². The molecule has 0 bridgehead atoms. The minimum atomic E-state index is 0.195. The number of aromatic nitrogens is 1.